The van der Waals surface area contributed by atoms with E-state index in [1.807, 2.05) is 47.2 Å². The van der Waals surface area contributed by atoms with Gasteiger partial charge in [-0.3, -0.25) is 4.79 Å². The molecule has 0 bridgehead atoms. The van der Waals surface area contributed by atoms with E-state index in [0.717, 1.165) is 11.3 Å². The number of ether oxygens (including phenoxy) is 1. The summed E-state index contributed by atoms with van der Waals surface area (Å²) in [4.78, 5) is 11.8. The molecule has 7 heteroatoms. The first-order valence-corrected chi connectivity index (χ1v) is 8.55. The lowest BCUT2D eigenvalue weighted by Gasteiger charge is -2.07. The van der Waals surface area contributed by atoms with Crippen molar-refractivity contribution in [3.8, 4) is 17.2 Å². The van der Waals surface area contributed by atoms with Crippen molar-refractivity contribution in [2.75, 3.05) is 13.2 Å². The van der Waals surface area contributed by atoms with E-state index in [9.17, 15) is 4.79 Å². The van der Waals surface area contributed by atoms with Gasteiger partial charge in [0.05, 0.1) is 6.54 Å². The third-order valence-electron chi connectivity index (χ3n) is 3.24. The van der Waals surface area contributed by atoms with E-state index in [-0.39, 0.29) is 5.91 Å². The van der Waals surface area contributed by atoms with Crippen LogP contribution in [0.15, 0.2) is 51.6 Å². The fourth-order valence-electron chi connectivity index (χ4n) is 2.04. The molecule has 6 nitrogen and oxygen atoms in total. The molecule has 0 radical (unpaired) electrons. The Kier molecular flexibility index (Phi) is 5.57. The Hall–Kier alpha value is -2.67. The van der Waals surface area contributed by atoms with Crippen molar-refractivity contribution in [3.05, 3.63) is 53.0 Å². The molecule has 0 spiro atoms. The number of aryl methyl sites for hydroxylation is 1. The number of aromatic nitrogens is 2. The van der Waals surface area contributed by atoms with Crippen LogP contribution in [0.1, 0.15) is 12.3 Å². The number of benzene rings is 1. The van der Waals surface area contributed by atoms with Crippen LogP contribution in [0.4, 0.5) is 0 Å². The SMILES string of the molecule is O=C(CCc1nnc(-c2ccsc2)o1)NCCOc1ccccc1. The molecule has 3 rings (SSSR count). The second-order valence-corrected chi connectivity index (χ2v) is 5.80. The third-order valence-corrected chi connectivity index (χ3v) is 3.92. The van der Waals surface area contributed by atoms with Crippen LogP contribution in [-0.2, 0) is 11.2 Å². The number of nitrogens with one attached hydrogen (secondary N) is 1. The molecule has 2 heterocycles. The molecule has 1 amide bonds. The van der Waals surface area contributed by atoms with Crippen LogP contribution >= 0.6 is 11.3 Å². The van der Waals surface area contributed by atoms with Crippen molar-refractivity contribution < 1.29 is 13.9 Å². The average molecular weight is 343 g/mol. The molecule has 2 aromatic heterocycles. The van der Waals surface area contributed by atoms with Crippen LogP contribution in [0, 0.1) is 0 Å². The molecule has 3 aromatic rings. The standard InChI is InChI=1S/C17H17N3O3S/c21-15(18-9-10-22-14-4-2-1-3-5-14)6-7-16-19-20-17(23-16)13-8-11-24-12-13/h1-5,8,11-12H,6-7,9-10H2,(H,18,21). The molecule has 124 valence electrons. The molecule has 0 saturated carbocycles. The van der Waals surface area contributed by atoms with Crippen molar-refractivity contribution in [2.24, 2.45) is 0 Å². The Balaban J connectivity index is 1.35. The van der Waals surface area contributed by atoms with E-state index >= 15 is 0 Å². The van der Waals surface area contributed by atoms with Gasteiger partial charge in [-0.1, -0.05) is 18.2 Å². The van der Waals surface area contributed by atoms with Gasteiger partial charge in [0.2, 0.25) is 17.7 Å². The first-order chi connectivity index (χ1) is 11.8. The van der Waals surface area contributed by atoms with Crippen LogP contribution < -0.4 is 10.1 Å². The molecule has 1 N–H and O–H groups in total. The van der Waals surface area contributed by atoms with Gasteiger partial charge in [0, 0.05) is 23.8 Å². The molecule has 1 aromatic carbocycles. The van der Waals surface area contributed by atoms with E-state index in [1.54, 1.807) is 11.3 Å². The molecular weight excluding hydrogens is 326 g/mol. The number of carbonyl (C=O) groups excluding carboxylic acids is 1. The fourth-order valence-corrected chi connectivity index (χ4v) is 2.67. The highest BCUT2D eigenvalue weighted by atomic mass is 32.1. The van der Waals surface area contributed by atoms with Gasteiger partial charge in [-0.2, -0.15) is 11.3 Å². The van der Waals surface area contributed by atoms with E-state index in [4.69, 9.17) is 9.15 Å². The maximum atomic E-state index is 11.8. The number of carbonyl (C=O) groups is 1. The van der Waals surface area contributed by atoms with Crippen LogP contribution in [0.5, 0.6) is 5.75 Å². The molecule has 0 saturated heterocycles. The number of nitrogens with zero attached hydrogens (tertiary/aromatic N) is 2. The molecule has 0 aliphatic heterocycles. The lowest BCUT2D eigenvalue weighted by molar-refractivity contribution is -0.121. The molecule has 24 heavy (non-hydrogen) atoms. The van der Waals surface area contributed by atoms with Gasteiger partial charge in [0.25, 0.3) is 0 Å². The largest absolute Gasteiger partial charge is 0.492 e. The zero-order valence-corrected chi connectivity index (χ0v) is 13.8. The number of para-hydroxylation sites is 1. The van der Waals surface area contributed by atoms with E-state index in [1.165, 1.54) is 0 Å². The summed E-state index contributed by atoms with van der Waals surface area (Å²) >= 11 is 1.57. The van der Waals surface area contributed by atoms with Crippen LogP contribution in [0.3, 0.4) is 0 Å². The molecule has 0 atom stereocenters. The van der Waals surface area contributed by atoms with Gasteiger partial charge in [-0.15, -0.1) is 10.2 Å². The predicted octanol–water partition coefficient (Wildman–Crippen LogP) is 2.93. The molecule has 0 unspecified atom stereocenters. The molecule has 0 aliphatic rings. The zero-order chi connectivity index (χ0) is 16.6. The Labute approximate surface area is 143 Å². The second kappa shape index (κ2) is 8.26. The minimum Gasteiger partial charge on any atom is -0.492 e. The van der Waals surface area contributed by atoms with Gasteiger partial charge in [0.1, 0.15) is 12.4 Å². The highest BCUT2D eigenvalue weighted by Crippen LogP contribution is 2.20. The zero-order valence-electron chi connectivity index (χ0n) is 13.0. The monoisotopic (exact) mass is 343 g/mol. The molecule has 0 aliphatic carbocycles. The summed E-state index contributed by atoms with van der Waals surface area (Å²) in [5.41, 5.74) is 0.904. The number of hydrogen-bond acceptors (Lipinski definition) is 6. The highest BCUT2D eigenvalue weighted by Gasteiger charge is 2.10. The third kappa shape index (κ3) is 4.66. The summed E-state index contributed by atoms with van der Waals surface area (Å²) in [6, 6.07) is 11.4. The van der Waals surface area contributed by atoms with Crippen molar-refractivity contribution >= 4 is 17.2 Å². The van der Waals surface area contributed by atoms with Crippen molar-refractivity contribution in [1.82, 2.24) is 15.5 Å². The van der Waals surface area contributed by atoms with E-state index in [2.05, 4.69) is 15.5 Å². The summed E-state index contributed by atoms with van der Waals surface area (Å²) in [6.45, 7) is 0.885. The summed E-state index contributed by atoms with van der Waals surface area (Å²) < 4.78 is 11.1. The van der Waals surface area contributed by atoms with Gasteiger partial charge in [0.15, 0.2) is 0 Å². The van der Waals surface area contributed by atoms with Gasteiger partial charge < -0.3 is 14.5 Å². The normalized spacial score (nSPS) is 10.5. The first kappa shape index (κ1) is 16.2. The van der Waals surface area contributed by atoms with Gasteiger partial charge in [-0.05, 0) is 23.6 Å². The smallest absolute Gasteiger partial charge is 0.248 e. The van der Waals surface area contributed by atoms with Crippen molar-refractivity contribution in [3.63, 3.8) is 0 Å². The molecular formula is C17H17N3O3S. The average Bonchev–Trinajstić information content (AvgIpc) is 3.29. The Morgan fingerprint density at radius 2 is 2.08 bits per heavy atom. The maximum Gasteiger partial charge on any atom is 0.248 e. The number of rotatable bonds is 8. The summed E-state index contributed by atoms with van der Waals surface area (Å²) in [5.74, 6) is 1.68. The van der Waals surface area contributed by atoms with Gasteiger partial charge >= 0.3 is 0 Å². The quantitative estimate of drug-likeness (QED) is 0.636. The lowest BCUT2D eigenvalue weighted by atomic mass is 10.3. The maximum absolute atomic E-state index is 11.8. The summed E-state index contributed by atoms with van der Waals surface area (Å²) in [5, 5.41) is 14.6. The Morgan fingerprint density at radius 3 is 2.88 bits per heavy atom. The fraction of sp³-hybridized carbons (Fsp3) is 0.235. The second-order valence-electron chi connectivity index (χ2n) is 5.02. The number of amides is 1. The summed E-state index contributed by atoms with van der Waals surface area (Å²) in [6.07, 6.45) is 0.721. The van der Waals surface area contributed by atoms with E-state index in [0.29, 0.717) is 37.8 Å². The Morgan fingerprint density at radius 1 is 1.21 bits per heavy atom. The van der Waals surface area contributed by atoms with Crippen LogP contribution in [-0.4, -0.2) is 29.3 Å². The number of hydrogen-bond donors (Lipinski definition) is 1. The number of thiophene rings is 1. The summed E-state index contributed by atoms with van der Waals surface area (Å²) in [7, 11) is 0. The minimum atomic E-state index is -0.0676. The van der Waals surface area contributed by atoms with Crippen molar-refractivity contribution in [2.45, 2.75) is 12.8 Å². The van der Waals surface area contributed by atoms with E-state index < -0.39 is 0 Å². The molecule has 0 fully saturated rings. The lowest BCUT2D eigenvalue weighted by Crippen LogP contribution is -2.28. The van der Waals surface area contributed by atoms with Crippen LogP contribution in [0.2, 0.25) is 0 Å². The topological polar surface area (TPSA) is 77.2 Å². The van der Waals surface area contributed by atoms with Crippen LogP contribution in [0.25, 0.3) is 11.5 Å². The highest BCUT2D eigenvalue weighted by molar-refractivity contribution is 7.08. The first-order valence-electron chi connectivity index (χ1n) is 7.61. The predicted molar refractivity (Wildman–Crippen MR) is 90.9 cm³/mol. The van der Waals surface area contributed by atoms with Gasteiger partial charge in [-0.25, -0.2) is 0 Å². The minimum absolute atomic E-state index is 0.0676. The Bertz CT molecular complexity index is 757. The van der Waals surface area contributed by atoms with Crippen molar-refractivity contribution in [1.29, 1.82) is 0 Å².